The van der Waals surface area contributed by atoms with E-state index in [1.807, 2.05) is 18.2 Å². The molecule has 0 amide bonds. The standard InChI is InChI=1S/C15H20BrNO2/c1-2-8-19-14-4-3-7-17(10-14)15-9-13(16)6-5-12(15)11-18/h5-6,9,11,14H,2-4,7-8,10H2,1H3. The second kappa shape index (κ2) is 7.06. The van der Waals surface area contributed by atoms with Crippen molar-refractivity contribution in [2.45, 2.75) is 32.3 Å². The van der Waals surface area contributed by atoms with Gasteiger partial charge in [0, 0.05) is 35.4 Å². The second-order valence-corrected chi connectivity index (χ2v) is 5.82. The summed E-state index contributed by atoms with van der Waals surface area (Å²) < 4.78 is 6.85. The van der Waals surface area contributed by atoms with Gasteiger partial charge in [-0.1, -0.05) is 22.9 Å². The number of piperidine rings is 1. The zero-order valence-electron chi connectivity index (χ0n) is 11.3. The Morgan fingerprint density at radius 3 is 3.11 bits per heavy atom. The van der Waals surface area contributed by atoms with Gasteiger partial charge in [0.2, 0.25) is 0 Å². The smallest absolute Gasteiger partial charge is 0.152 e. The van der Waals surface area contributed by atoms with Gasteiger partial charge in [-0.05, 0) is 37.5 Å². The third-order valence-electron chi connectivity index (χ3n) is 3.40. The maximum atomic E-state index is 11.2. The van der Waals surface area contributed by atoms with E-state index in [2.05, 4.69) is 27.8 Å². The Bertz CT molecular complexity index is 436. The number of halogens is 1. The number of anilines is 1. The number of carbonyl (C=O) groups excluding carboxylic acids is 1. The van der Waals surface area contributed by atoms with Crippen molar-refractivity contribution in [3.05, 3.63) is 28.2 Å². The average Bonchev–Trinajstić information content (AvgIpc) is 2.45. The summed E-state index contributed by atoms with van der Waals surface area (Å²) in [6, 6.07) is 5.79. The molecule has 1 heterocycles. The maximum absolute atomic E-state index is 11.2. The van der Waals surface area contributed by atoms with Crippen molar-refractivity contribution >= 4 is 27.9 Å². The molecule has 1 aromatic rings. The number of rotatable bonds is 5. The van der Waals surface area contributed by atoms with Gasteiger partial charge in [-0.2, -0.15) is 0 Å². The monoisotopic (exact) mass is 325 g/mol. The van der Waals surface area contributed by atoms with Gasteiger partial charge < -0.3 is 9.64 Å². The summed E-state index contributed by atoms with van der Waals surface area (Å²) in [5, 5.41) is 0. The van der Waals surface area contributed by atoms with Gasteiger partial charge in [-0.3, -0.25) is 4.79 Å². The highest BCUT2D eigenvalue weighted by atomic mass is 79.9. The molecule has 0 radical (unpaired) electrons. The molecule has 1 fully saturated rings. The Hall–Kier alpha value is -0.870. The van der Waals surface area contributed by atoms with Crippen LogP contribution in [0.15, 0.2) is 22.7 Å². The molecule has 3 nitrogen and oxygen atoms in total. The summed E-state index contributed by atoms with van der Waals surface area (Å²) in [5.41, 5.74) is 1.76. The lowest BCUT2D eigenvalue weighted by molar-refractivity contribution is 0.0440. The van der Waals surface area contributed by atoms with Crippen molar-refractivity contribution in [2.75, 3.05) is 24.6 Å². The van der Waals surface area contributed by atoms with Crippen molar-refractivity contribution in [1.29, 1.82) is 0 Å². The van der Waals surface area contributed by atoms with Crippen molar-refractivity contribution in [1.82, 2.24) is 0 Å². The molecule has 104 valence electrons. The van der Waals surface area contributed by atoms with Crippen LogP contribution in [0.4, 0.5) is 5.69 Å². The minimum Gasteiger partial charge on any atom is -0.376 e. The van der Waals surface area contributed by atoms with Crippen molar-refractivity contribution < 1.29 is 9.53 Å². The Morgan fingerprint density at radius 2 is 2.37 bits per heavy atom. The minimum absolute atomic E-state index is 0.284. The zero-order valence-corrected chi connectivity index (χ0v) is 12.9. The summed E-state index contributed by atoms with van der Waals surface area (Å²) in [6.07, 6.45) is 4.48. The van der Waals surface area contributed by atoms with E-state index >= 15 is 0 Å². The lowest BCUT2D eigenvalue weighted by atomic mass is 10.1. The molecule has 1 aliphatic heterocycles. The van der Waals surface area contributed by atoms with E-state index in [1.165, 1.54) is 0 Å². The Balaban J connectivity index is 2.12. The van der Waals surface area contributed by atoms with Gasteiger partial charge in [0.05, 0.1) is 6.10 Å². The summed E-state index contributed by atoms with van der Waals surface area (Å²) in [4.78, 5) is 13.4. The van der Waals surface area contributed by atoms with Crippen molar-refractivity contribution in [2.24, 2.45) is 0 Å². The summed E-state index contributed by atoms with van der Waals surface area (Å²) in [5.74, 6) is 0. The van der Waals surface area contributed by atoms with E-state index in [4.69, 9.17) is 4.74 Å². The summed E-state index contributed by atoms with van der Waals surface area (Å²) >= 11 is 3.48. The van der Waals surface area contributed by atoms with Crippen LogP contribution < -0.4 is 4.90 Å². The molecule has 1 aliphatic rings. The van der Waals surface area contributed by atoms with Gasteiger partial charge >= 0.3 is 0 Å². The first-order valence-electron chi connectivity index (χ1n) is 6.86. The molecule has 0 saturated carbocycles. The van der Waals surface area contributed by atoms with E-state index in [0.717, 1.165) is 61.0 Å². The van der Waals surface area contributed by atoms with Crippen LogP contribution in [0, 0.1) is 0 Å². The molecule has 0 spiro atoms. The molecule has 1 saturated heterocycles. The molecule has 0 N–H and O–H groups in total. The van der Waals surface area contributed by atoms with Gasteiger partial charge in [0.15, 0.2) is 6.29 Å². The van der Waals surface area contributed by atoms with E-state index in [0.29, 0.717) is 0 Å². The average molecular weight is 326 g/mol. The topological polar surface area (TPSA) is 29.5 Å². The quantitative estimate of drug-likeness (QED) is 0.774. The Kier molecular flexibility index (Phi) is 5.40. The molecule has 0 bridgehead atoms. The first kappa shape index (κ1) is 14.5. The second-order valence-electron chi connectivity index (χ2n) is 4.90. The van der Waals surface area contributed by atoms with Crippen LogP contribution in [0.5, 0.6) is 0 Å². The molecule has 1 unspecified atom stereocenters. The highest BCUT2D eigenvalue weighted by Gasteiger charge is 2.22. The summed E-state index contributed by atoms with van der Waals surface area (Å²) in [6.45, 7) is 4.80. The zero-order chi connectivity index (χ0) is 13.7. The number of benzene rings is 1. The van der Waals surface area contributed by atoms with E-state index < -0.39 is 0 Å². The molecule has 19 heavy (non-hydrogen) atoms. The van der Waals surface area contributed by atoms with Crippen LogP contribution in [0.2, 0.25) is 0 Å². The molecule has 4 heteroatoms. The first-order chi connectivity index (χ1) is 9.24. The predicted octanol–water partition coefficient (Wildman–Crippen LogP) is 3.66. The maximum Gasteiger partial charge on any atom is 0.152 e. The number of ether oxygens (including phenoxy) is 1. The van der Waals surface area contributed by atoms with Crippen LogP contribution in [-0.4, -0.2) is 32.1 Å². The first-order valence-corrected chi connectivity index (χ1v) is 7.65. The van der Waals surface area contributed by atoms with Crippen molar-refractivity contribution in [3.63, 3.8) is 0 Å². The third-order valence-corrected chi connectivity index (χ3v) is 3.89. The molecule has 1 aromatic carbocycles. The Morgan fingerprint density at radius 1 is 1.53 bits per heavy atom. The van der Waals surface area contributed by atoms with E-state index in [-0.39, 0.29) is 6.10 Å². The fourth-order valence-electron chi connectivity index (χ4n) is 2.47. The van der Waals surface area contributed by atoms with Crippen LogP contribution in [0.1, 0.15) is 36.5 Å². The van der Waals surface area contributed by atoms with E-state index in [9.17, 15) is 4.79 Å². The molecular formula is C15H20BrNO2. The minimum atomic E-state index is 0.284. The number of hydrogen-bond acceptors (Lipinski definition) is 3. The van der Waals surface area contributed by atoms with Gasteiger partial charge in [-0.25, -0.2) is 0 Å². The predicted molar refractivity (Wildman–Crippen MR) is 81.0 cm³/mol. The normalized spacial score (nSPS) is 19.5. The molecule has 0 aliphatic carbocycles. The highest BCUT2D eigenvalue weighted by Crippen LogP contribution is 2.27. The highest BCUT2D eigenvalue weighted by molar-refractivity contribution is 9.10. The Labute approximate surface area is 123 Å². The van der Waals surface area contributed by atoms with E-state index in [1.54, 1.807) is 0 Å². The molecule has 1 atom stereocenters. The molecule has 0 aromatic heterocycles. The number of nitrogens with zero attached hydrogens (tertiary/aromatic N) is 1. The fourth-order valence-corrected chi connectivity index (χ4v) is 2.82. The number of aldehydes is 1. The lowest BCUT2D eigenvalue weighted by Crippen LogP contribution is -2.40. The largest absolute Gasteiger partial charge is 0.376 e. The lowest BCUT2D eigenvalue weighted by Gasteiger charge is -2.35. The van der Waals surface area contributed by atoms with Crippen LogP contribution >= 0.6 is 15.9 Å². The third kappa shape index (κ3) is 3.80. The van der Waals surface area contributed by atoms with Gasteiger partial charge in [0.1, 0.15) is 0 Å². The van der Waals surface area contributed by atoms with Crippen LogP contribution in [0.3, 0.4) is 0 Å². The van der Waals surface area contributed by atoms with Crippen LogP contribution in [-0.2, 0) is 4.74 Å². The van der Waals surface area contributed by atoms with Crippen LogP contribution in [0.25, 0.3) is 0 Å². The molecule has 2 rings (SSSR count). The van der Waals surface area contributed by atoms with Gasteiger partial charge in [-0.15, -0.1) is 0 Å². The van der Waals surface area contributed by atoms with Gasteiger partial charge in [0.25, 0.3) is 0 Å². The summed E-state index contributed by atoms with van der Waals surface area (Å²) in [7, 11) is 0. The number of carbonyl (C=O) groups is 1. The number of hydrogen-bond donors (Lipinski definition) is 0. The SMILES string of the molecule is CCCOC1CCCN(c2cc(Br)ccc2C=O)C1. The fraction of sp³-hybridized carbons (Fsp3) is 0.533. The van der Waals surface area contributed by atoms with Crippen molar-refractivity contribution in [3.8, 4) is 0 Å². The molecular weight excluding hydrogens is 306 g/mol.